The predicted octanol–water partition coefficient (Wildman–Crippen LogP) is 2.98. The van der Waals surface area contributed by atoms with Crippen LogP contribution in [0.3, 0.4) is 0 Å². The van der Waals surface area contributed by atoms with E-state index in [1.807, 2.05) is 0 Å². The molecule has 2 aromatic carbocycles. The molecule has 7 nitrogen and oxygen atoms in total. The predicted molar refractivity (Wildman–Crippen MR) is 120 cm³/mol. The van der Waals surface area contributed by atoms with Gasteiger partial charge < -0.3 is 19.5 Å². The van der Waals surface area contributed by atoms with Crippen LogP contribution < -0.4 is 4.74 Å². The number of rotatable bonds is 7. The Morgan fingerprint density at radius 1 is 1.12 bits per heavy atom. The van der Waals surface area contributed by atoms with E-state index in [0.717, 1.165) is 19.6 Å². The molecule has 174 valence electrons. The number of carbonyl (C=O) groups excluding carboxylic acids is 2. The number of carbonyl (C=O) groups is 2. The van der Waals surface area contributed by atoms with Crippen molar-refractivity contribution in [1.29, 1.82) is 0 Å². The van der Waals surface area contributed by atoms with E-state index in [2.05, 4.69) is 4.90 Å². The number of aliphatic hydroxyl groups is 1. The second-order valence-electron chi connectivity index (χ2n) is 8.08. The Balaban J connectivity index is 1.68. The molecule has 2 saturated heterocycles. The Morgan fingerprint density at radius 3 is 2.55 bits per heavy atom. The second kappa shape index (κ2) is 10.1. The molecule has 33 heavy (non-hydrogen) atoms. The molecule has 4 rings (SSSR count). The molecule has 0 bridgehead atoms. The maximum atomic E-state index is 13.4. The number of halogens is 1. The first kappa shape index (κ1) is 22.9. The Bertz CT molecular complexity index is 1050. The number of hydrogen-bond acceptors (Lipinski definition) is 6. The largest absolute Gasteiger partial charge is 0.507 e. The van der Waals surface area contributed by atoms with Crippen molar-refractivity contribution in [3.05, 3.63) is 71.0 Å². The number of ketones is 1. The second-order valence-corrected chi connectivity index (χ2v) is 8.08. The molecule has 2 aromatic rings. The smallest absolute Gasteiger partial charge is 0.295 e. The maximum Gasteiger partial charge on any atom is 0.295 e. The lowest BCUT2D eigenvalue weighted by Gasteiger charge is -2.29. The number of hydrogen-bond donors (Lipinski definition) is 1. The zero-order chi connectivity index (χ0) is 23.4. The summed E-state index contributed by atoms with van der Waals surface area (Å²) in [6.45, 7) is 4.17. The zero-order valence-corrected chi connectivity index (χ0v) is 18.5. The van der Waals surface area contributed by atoms with Crippen LogP contribution in [0.15, 0.2) is 54.1 Å². The fourth-order valence-corrected chi connectivity index (χ4v) is 4.32. The summed E-state index contributed by atoms with van der Waals surface area (Å²) in [6.07, 6.45) is 0.671. The third kappa shape index (κ3) is 4.91. The third-order valence-electron chi connectivity index (χ3n) is 6.04. The van der Waals surface area contributed by atoms with Gasteiger partial charge in [-0.1, -0.05) is 12.1 Å². The Hall–Kier alpha value is -3.23. The van der Waals surface area contributed by atoms with E-state index < -0.39 is 23.5 Å². The first-order chi connectivity index (χ1) is 16.0. The van der Waals surface area contributed by atoms with Crippen molar-refractivity contribution >= 4 is 17.4 Å². The van der Waals surface area contributed by atoms with Gasteiger partial charge in [-0.05, 0) is 48.4 Å². The summed E-state index contributed by atoms with van der Waals surface area (Å²) in [7, 11) is 1.54. The summed E-state index contributed by atoms with van der Waals surface area (Å²) in [6, 6.07) is 11.5. The molecule has 0 aromatic heterocycles. The van der Waals surface area contributed by atoms with Crippen molar-refractivity contribution in [2.45, 2.75) is 12.5 Å². The molecule has 2 fully saturated rings. The lowest BCUT2D eigenvalue weighted by molar-refractivity contribution is -0.140. The molecular formula is C25H27FN2O5. The van der Waals surface area contributed by atoms with Crippen molar-refractivity contribution in [2.75, 3.05) is 46.5 Å². The van der Waals surface area contributed by atoms with Crippen LogP contribution in [0, 0.1) is 5.82 Å². The van der Waals surface area contributed by atoms with Gasteiger partial charge in [0.25, 0.3) is 11.7 Å². The van der Waals surface area contributed by atoms with Crippen LogP contribution in [-0.4, -0.2) is 73.1 Å². The van der Waals surface area contributed by atoms with E-state index in [0.29, 0.717) is 37.5 Å². The Labute approximate surface area is 192 Å². The summed E-state index contributed by atoms with van der Waals surface area (Å²) >= 11 is 0. The number of aliphatic hydroxyl groups excluding tert-OH is 1. The summed E-state index contributed by atoms with van der Waals surface area (Å²) in [5, 5.41) is 11.0. The normalized spacial score (nSPS) is 20.9. The highest BCUT2D eigenvalue weighted by molar-refractivity contribution is 6.46. The van der Waals surface area contributed by atoms with Crippen LogP contribution in [0.4, 0.5) is 4.39 Å². The standard InChI is InChI=1S/C25H27FN2O5/c1-32-20-5-2-4-18(16-20)22-21(23(29)17-6-8-19(26)9-7-17)24(30)25(31)28(22)11-3-10-27-12-14-33-15-13-27/h2,4-9,16,22,29H,3,10-15H2,1H3/b23-21+/t22-/m1/s1. The molecule has 0 radical (unpaired) electrons. The molecule has 1 amide bonds. The molecule has 1 atom stereocenters. The molecular weight excluding hydrogens is 427 g/mol. The average molecular weight is 454 g/mol. The number of methoxy groups -OCH3 is 1. The summed E-state index contributed by atoms with van der Waals surface area (Å²) in [4.78, 5) is 29.9. The molecule has 0 aliphatic carbocycles. The minimum Gasteiger partial charge on any atom is -0.507 e. The minimum absolute atomic E-state index is 0.00812. The third-order valence-corrected chi connectivity index (χ3v) is 6.04. The van der Waals surface area contributed by atoms with Crippen LogP contribution >= 0.6 is 0 Å². The molecule has 0 spiro atoms. The van der Waals surface area contributed by atoms with Crippen molar-refractivity contribution in [2.24, 2.45) is 0 Å². The fourth-order valence-electron chi connectivity index (χ4n) is 4.32. The topological polar surface area (TPSA) is 79.3 Å². The van der Waals surface area contributed by atoms with E-state index >= 15 is 0 Å². The summed E-state index contributed by atoms with van der Waals surface area (Å²) in [5.74, 6) is -1.62. The number of amides is 1. The zero-order valence-electron chi connectivity index (χ0n) is 18.5. The number of nitrogens with zero attached hydrogens (tertiary/aromatic N) is 2. The molecule has 2 aliphatic heterocycles. The van der Waals surface area contributed by atoms with E-state index in [1.54, 1.807) is 24.3 Å². The van der Waals surface area contributed by atoms with E-state index in [-0.39, 0.29) is 16.9 Å². The van der Waals surface area contributed by atoms with Crippen molar-refractivity contribution in [3.8, 4) is 5.75 Å². The van der Waals surface area contributed by atoms with Gasteiger partial charge in [0.1, 0.15) is 17.3 Å². The van der Waals surface area contributed by atoms with Gasteiger partial charge in [-0.15, -0.1) is 0 Å². The number of ether oxygens (including phenoxy) is 2. The lowest BCUT2D eigenvalue weighted by atomic mass is 9.95. The molecule has 8 heteroatoms. The highest BCUT2D eigenvalue weighted by Crippen LogP contribution is 2.40. The van der Waals surface area contributed by atoms with Gasteiger partial charge in [-0.3, -0.25) is 14.5 Å². The highest BCUT2D eigenvalue weighted by Gasteiger charge is 2.45. The fraction of sp³-hybridized carbons (Fsp3) is 0.360. The van der Waals surface area contributed by atoms with Gasteiger partial charge in [0, 0.05) is 31.7 Å². The van der Waals surface area contributed by atoms with E-state index in [9.17, 15) is 19.1 Å². The minimum atomic E-state index is -0.769. The monoisotopic (exact) mass is 454 g/mol. The molecule has 2 aliphatic rings. The first-order valence-corrected chi connectivity index (χ1v) is 11.0. The number of likely N-dealkylation sites (tertiary alicyclic amines) is 1. The van der Waals surface area contributed by atoms with Gasteiger partial charge >= 0.3 is 0 Å². The quantitative estimate of drug-likeness (QED) is 0.394. The Morgan fingerprint density at radius 2 is 1.85 bits per heavy atom. The first-order valence-electron chi connectivity index (χ1n) is 11.0. The van der Waals surface area contributed by atoms with Gasteiger partial charge in [0.2, 0.25) is 0 Å². The summed E-state index contributed by atoms with van der Waals surface area (Å²) in [5.41, 5.74) is 0.922. The molecule has 0 saturated carbocycles. The van der Waals surface area contributed by atoms with Gasteiger partial charge in [0.05, 0.1) is 31.9 Å². The van der Waals surface area contributed by atoms with Gasteiger partial charge in [-0.25, -0.2) is 4.39 Å². The average Bonchev–Trinajstić information content (AvgIpc) is 3.10. The van der Waals surface area contributed by atoms with E-state index in [1.165, 1.54) is 36.3 Å². The van der Waals surface area contributed by atoms with Crippen molar-refractivity contribution in [1.82, 2.24) is 9.80 Å². The number of morpholine rings is 1. The van der Waals surface area contributed by atoms with Crippen LogP contribution in [0.25, 0.3) is 5.76 Å². The van der Waals surface area contributed by atoms with E-state index in [4.69, 9.17) is 9.47 Å². The van der Waals surface area contributed by atoms with Crippen LogP contribution in [0.2, 0.25) is 0 Å². The number of benzene rings is 2. The summed E-state index contributed by atoms with van der Waals surface area (Å²) < 4.78 is 24.1. The lowest BCUT2D eigenvalue weighted by Crippen LogP contribution is -2.38. The Kier molecular flexibility index (Phi) is 7.05. The number of Topliss-reactive ketones (excluding diaryl/α,β-unsaturated/α-hetero) is 1. The van der Waals surface area contributed by atoms with Crippen LogP contribution in [0.1, 0.15) is 23.6 Å². The van der Waals surface area contributed by atoms with Crippen LogP contribution in [-0.2, 0) is 14.3 Å². The SMILES string of the molecule is COc1cccc([C@@H]2/C(=C(\O)c3ccc(F)cc3)C(=O)C(=O)N2CCCN2CCOCC2)c1. The highest BCUT2D eigenvalue weighted by atomic mass is 19.1. The van der Waals surface area contributed by atoms with Gasteiger partial charge in [0.15, 0.2) is 0 Å². The van der Waals surface area contributed by atoms with Crippen molar-refractivity contribution < 1.29 is 28.6 Å². The van der Waals surface area contributed by atoms with Crippen molar-refractivity contribution in [3.63, 3.8) is 0 Å². The molecule has 2 heterocycles. The van der Waals surface area contributed by atoms with Gasteiger partial charge in [-0.2, -0.15) is 0 Å². The molecule has 0 unspecified atom stereocenters. The van der Waals surface area contributed by atoms with Crippen LogP contribution in [0.5, 0.6) is 5.75 Å². The molecule has 1 N–H and O–H groups in total. The maximum absolute atomic E-state index is 13.4.